The molecule has 1 saturated carbocycles. The molecule has 222 valence electrons. The molecular formula is C30H31F2N9O2. The summed E-state index contributed by atoms with van der Waals surface area (Å²) in [5, 5.41) is 18.3. The third kappa shape index (κ3) is 6.49. The predicted molar refractivity (Wildman–Crippen MR) is 158 cm³/mol. The van der Waals surface area contributed by atoms with Crippen LogP contribution < -0.4 is 20.9 Å². The predicted octanol–water partition coefficient (Wildman–Crippen LogP) is 5.01. The number of para-hydroxylation sites is 2. The number of nitrogens with zero attached hydrogens (tertiary/aromatic N) is 6. The number of nitriles is 1. The van der Waals surface area contributed by atoms with Crippen LogP contribution in [0.4, 0.5) is 31.0 Å². The zero-order valence-corrected chi connectivity index (χ0v) is 23.3. The molecule has 2 aliphatic rings. The lowest BCUT2D eigenvalue weighted by molar-refractivity contribution is 0.122. The quantitative estimate of drug-likeness (QED) is 0.275. The van der Waals surface area contributed by atoms with Crippen molar-refractivity contribution in [2.45, 2.75) is 44.2 Å². The van der Waals surface area contributed by atoms with Gasteiger partial charge in [0.1, 0.15) is 11.6 Å². The number of hydrogen-bond donors (Lipinski definition) is 3. The standard InChI is InChI=1S/C30H31F2N9O2/c31-27(32)28-37-23-6-1-2-7-24(23)41(28)26-17-25(40-12-14-43-15-13-40)38-29(39-26)34-20-8-10-21(11-9-20)35-30(42)36-22-5-3-4-19(16-22)18-33/h1-7,16-17,20-21,27H,8-15H2,(H,34,38,39)(H2,35,36,42). The average molecular weight is 588 g/mol. The van der Waals surface area contributed by atoms with Crippen LogP contribution in [0.15, 0.2) is 54.6 Å². The first-order valence-electron chi connectivity index (χ1n) is 14.3. The average Bonchev–Trinajstić information content (AvgIpc) is 3.43. The molecule has 1 aliphatic heterocycles. The minimum atomic E-state index is -2.79. The van der Waals surface area contributed by atoms with Crippen LogP contribution in [0.5, 0.6) is 0 Å². The zero-order chi connectivity index (χ0) is 29.8. The molecule has 0 bridgehead atoms. The lowest BCUT2D eigenvalue weighted by atomic mass is 9.91. The molecule has 0 spiro atoms. The molecule has 1 aliphatic carbocycles. The van der Waals surface area contributed by atoms with Gasteiger partial charge in [-0.15, -0.1) is 0 Å². The molecular weight excluding hydrogens is 556 g/mol. The summed E-state index contributed by atoms with van der Waals surface area (Å²) in [7, 11) is 0. The third-order valence-electron chi connectivity index (χ3n) is 7.69. The second-order valence-electron chi connectivity index (χ2n) is 10.6. The third-order valence-corrected chi connectivity index (χ3v) is 7.69. The van der Waals surface area contributed by atoms with Gasteiger partial charge in [-0.25, -0.2) is 18.6 Å². The van der Waals surface area contributed by atoms with Gasteiger partial charge >= 0.3 is 6.03 Å². The highest BCUT2D eigenvalue weighted by molar-refractivity contribution is 5.89. The first-order valence-corrected chi connectivity index (χ1v) is 14.3. The second-order valence-corrected chi connectivity index (χ2v) is 10.6. The number of benzene rings is 2. The van der Waals surface area contributed by atoms with Crippen LogP contribution in [0.3, 0.4) is 0 Å². The van der Waals surface area contributed by atoms with Gasteiger partial charge in [-0.05, 0) is 56.0 Å². The molecule has 2 aromatic carbocycles. The molecule has 2 fully saturated rings. The number of rotatable bonds is 7. The van der Waals surface area contributed by atoms with E-state index in [0.29, 0.717) is 66.2 Å². The van der Waals surface area contributed by atoms with Crippen molar-refractivity contribution in [2.24, 2.45) is 0 Å². The van der Waals surface area contributed by atoms with E-state index in [1.807, 2.05) is 0 Å². The van der Waals surface area contributed by atoms with Crippen molar-refractivity contribution in [1.29, 1.82) is 5.26 Å². The van der Waals surface area contributed by atoms with Crippen LogP contribution in [-0.2, 0) is 4.74 Å². The fourth-order valence-electron chi connectivity index (χ4n) is 5.57. The Bertz CT molecular complexity index is 1640. The summed E-state index contributed by atoms with van der Waals surface area (Å²) in [6, 6.07) is 17.2. The number of aromatic nitrogens is 4. The SMILES string of the molecule is N#Cc1cccc(NC(=O)NC2CCC(Nc3nc(N4CCOCC4)cc(-n4c(C(F)F)nc5ccccc54)n3)CC2)c1. The maximum atomic E-state index is 14.1. The normalized spacial score (nSPS) is 18.8. The number of hydrogen-bond acceptors (Lipinski definition) is 8. The summed E-state index contributed by atoms with van der Waals surface area (Å²) in [6.07, 6.45) is 0.195. The summed E-state index contributed by atoms with van der Waals surface area (Å²) in [5.41, 5.74) is 2.03. The largest absolute Gasteiger partial charge is 0.378 e. The number of anilines is 3. The number of ether oxygens (including phenoxy) is 1. The van der Waals surface area contributed by atoms with Crippen molar-refractivity contribution in [3.8, 4) is 11.9 Å². The van der Waals surface area contributed by atoms with Crippen molar-refractivity contribution >= 4 is 34.5 Å². The summed E-state index contributed by atoms with van der Waals surface area (Å²) < 4.78 is 35.2. The molecule has 6 rings (SSSR count). The van der Waals surface area contributed by atoms with E-state index in [4.69, 9.17) is 20.0 Å². The Balaban J connectivity index is 1.18. The Morgan fingerprint density at radius 2 is 1.70 bits per heavy atom. The van der Waals surface area contributed by atoms with Crippen molar-refractivity contribution in [3.63, 3.8) is 0 Å². The number of halogens is 2. The van der Waals surface area contributed by atoms with Gasteiger partial charge in [0.25, 0.3) is 6.43 Å². The number of fused-ring (bicyclic) bond motifs is 1. The summed E-state index contributed by atoms with van der Waals surface area (Å²) in [5.74, 6) is 0.920. The number of alkyl halides is 2. The molecule has 0 unspecified atom stereocenters. The molecule has 2 amide bonds. The van der Waals surface area contributed by atoms with Crippen LogP contribution in [0, 0.1) is 11.3 Å². The van der Waals surface area contributed by atoms with Gasteiger partial charge in [0.2, 0.25) is 5.95 Å². The molecule has 3 N–H and O–H groups in total. The molecule has 0 atom stereocenters. The van der Waals surface area contributed by atoms with E-state index in [2.05, 4.69) is 31.9 Å². The molecule has 11 nitrogen and oxygen atoms in total. The van der Waals surface area contributed by atoms with Gasteiger partial charge in [0.15, 0.2) is 5.82 Å². The van der Waals surface area contributed by atoms with Crippen LogP contribution in [-0.4, -0.2) is 63.9 Å². The molecule has 0 radical (unpaired) electrons. The Hall–Kier alpha value is -4.83. The highest BCUT2D eigenvalue weighted by Gasteiger charge is 2.26. The summed E-state index contributed by atoms with van der Waals surface area (Å²) in [4.78, 5) is 28.3. The number of morpholine rings is 1. The number of imidazole rings is 1. The number of carbonyl (C=O) groups is 1. The van der Waals surface area contributed by atoms with Crippen molar-refractivity contribution in [3.05, 3.63) is 66.0 Å². The number of carbonyl (C=O) groups excluding carboxylic acids is 1. The van der Waals surface area contributed by atoms with Gasteiger partial charge in [-0.3, -0.25) is 4.57 Å². The molecule has 43 heavy (non-hydrogen) atoms. The fraction of sp³-hybridized carbons (Fsp3) is 0.367. The number of nitrogens with one attached hydrogen (secondary N) is 3. The van der Waals surface area contributed by atoms with Gasteiger partial charge in [-0.1, -0.05) is 18.2 Å². The Morgan fingerprint density at radius 1 is 0.953 bits per heavy atom. The van der Waals surface area contributed by atoms with Crippen LogP contribution >= 0.6 is 0 Å². The van der Waals surface area contributed by atoms with E-state index in [1.165, 1.54) is 4.57 Å². The lowest BCUT2D eigenvalue weighted by Crippen LogP contribution is -2.42. The molecule has 1 saturated heterocycles. The van der Waals surface area contributed by atoms with Gasteiger partial charge in [-0.2, -0.15) is 15.2 Å². The van der Waals surface area contributed by atoms with E-state index in [0.717, 1.165) is 25.7 Å². The maximum absolute atomic E-state index is 14.1. The van der Waals surface area contributed by atoms with Crippen molar-refractivity contribution in [2.75, 3.05) is 41.8 Å². The fourth-order valence-corrected chi connectivity index (χ4v) is 5.57. The molecule has 2 aromatic heterocycles. The topological polar surface area (TPSA) is 133 Å². The van der Waals surface area contributed by atoms with E-state index in [1.54, 1.807) is 54.6 Å². The lowest BCUT2D eigenvalue weighted by Gasteiger charge is -2.31. The van der Waals surface area contributed by atoms with Crippen LogP contribution in [0.2, 0.25) is 0 Å². The van der Waals surface area contributed by atoms with E-state index in [9.17, 15) is 13.6 Å². The van der Waals surface area contributed by atoms with Crippen molar-refractivity contribution < 1.29 is 18.3 Å². The van der Waals surface area contributed by atoms with Crippen LogP contribution in [0.25, 0.3) is 16.9 Å². The van der Waals surface area contributed by atoms with E-state index >= 15 is 0 Å². The summed E-state index contributed by atoms with van der Waals surface area (Å²) >= 11 is 0. The summed E-state index contributed by atoms with van der Waals surface area (Å²) in [6.45, 7) is 2.35. The monoisotopic (exact) mass is 587 g/mol. The highest BCUT2D eigenvalue weighted by Crippen LogP contribution is 2.30. The first-order chi connectivity index (χ1) is 21.0. The molecule has 3 heterocycles. The second kappa shape index (κ2) is 12.6. The Kier molecular flexibility index (Phi) is 8.28. The van der Waals surface area contributed by atoms with E-state index < -0.39 is 6.43 Å². The molecule has 13 heteroatoms. The Labute approximate surface area is 246 Å². The minimum absolute atomic E-state index is 0.0146. The zero-order valence-electron chi connectivity index (χ0n) is 23.3. The van der Waals surface area contributed by atoms with Gasteiger partial charge < -0.3 is 25.6 Å². The van der Waals surface area contributed by atoms with Gasteiger partial charge in [0.05, 0.1) is 35.9 Å². The highest BCUT2D eigenvalue weighted by atomic mass is 19.3. The number of amides is 2. The van der Waals surface area contributed by atoms with E-state index in [-0.39, 0.29) is 23.9 Å². The molecule has 4 aromatic rings. The number of urea groups is 1. The maximum Gasteiger partial charge on any atom is 0.319 e. The minimum Gasteiger partial charge on any atom is -0.378 e. The van der Waals surface area contributed by atoms with Crippen molar-refractivity contribution in [1.82, 2.24) is 24.8 Å². The van der Waals surface area contributed by atoms with Gasteiger partial charge in [0, 0.05) is 36.9 Å². The van der Waals surface area contributed by atoms with Crippen LogP contribution in [0.1, 0.15) is 43.5 Å². The first kappa shape index (κ1) is 28.3. The Morgan fingerprint density at radius 3 is 2.47 bits per heavy atom. The smallest absolute Gasteiger partial charge is 0.319 e.